The summed E-state index contributed by atoms with van der Waals surface area (Å²) < 4.78 is 20.0. The predicted octanol–water partition coefficient (Wildman–Crippen LogP) is 2.68. The highest BCUT2D eigenvalue weighted by Gasteiger charge is 2.34. The zero-order valence-corrected chi connectivity index (χ0v) is 16.0. The third-order valence-electron chi connectivity index (χ3n) is 5.15. The number of hydrogen-bond donors (Lipinski definition) is 0. The summed E-state index contributed by atoms with van der Waals surface area (Å²) in [4.78, 5) is 28.3. The molecule has 0 spiro atoms. The fourth-order valence-corrected chi connectivity index (χ4v) is 3.45. The Morgan fingerprint density at radius 1 is 1.43 bits per heavy atom. The molecule has 148 valence electrons. The molecule has 2 aliphatic heterocycles. The van der Waals surface area contributed by atoms with Gasteiger partial charge in [0, 0.05) is 33.1 Å². The van der Waals surface area contributed by atoms with Gasteiger partial charge in [0.15, 0.2) is 0 Å². The number of likely N-dealkylation sites (N-methyl/N-ethyl adjacent to an activating group) is 1. The van der Waals surface area contributed by atoms with Crippen molar-refractivity contribution in [1.29, 1.82) is 5.26 Å². The molecule has 8 heteroatoms. The molecule has 1 aromatic carbocycles. The van der Waals surface area contributed by atoms with Gasteiger partial charge in [-0.05, 0) is 31.0 Å². The van der Waals surface area contributed by atoms with Crippen LogP contribution in [0.1, 0.15) is 19.8 Å². The van der Waals surface area contributed by atoms with Crippen LogP contribution in [-0.2, 0) is 9.53 Å². The van der Waals surface area contributed by atoms with Crippen LogP contribution in [0.4, 0.5) is 20.6 Å². The Bertz CT molecular complexity index is 838. The third kappa shape index (κ3) is 4.25. The lowest BCUT2D eigenvalue weighted by Gasteiger charge is -2.30. The van der Waals surface area contributed by atoms with E-state index in [1.54, 1.807) is 25.3 Å². The number of nitriles is 1. The van der Waals surface area contributed by atoms with Gasteiger partial charge in [0.05, 0.1) is 30.5 Å². The van der Waals surface area contributed by atoms with Gasteiger partial charge in [-0.25, -0.2) is 9.18 Å². The van der Waals surface area contributed by atoms with Crippen molar-refractivity contribution >= 4 is 23.4 Å². The van der Waals surface area contributed by atoms with E-state index in [9.17, 15) is 14.0 Å². The molecule has 0 aromatic heterocycles. The predicted molar refractivity (Wildman–Crippen MR) is 102 cm³/mol. The van der Waals surface area contributed by atoms with Gasteiger partial charge < -0.3 is 14.5 Å². The number of piperidine rings is 1. The molecular weight excluding hydrogens is 363 g/mol. The first kappa shape index (κ1) is 19.7. The molecule has 2 fully saturated rings. The van der Waals surface area contributed by atoms with E-state index in [-0.39, 0.29) is 12.5 Å². The van der Waals surface area contributed by atoms with Gasteiger partial charge in [0.25, 0.3) is 0 Å². The summed E-state index contributed by atoms with van der Waals surface area (Å²) in [6, 6.07) is 6.76. The van der Waals surface area contributed by atoms with Crippen molar-refractivity contribution in [2.75, 3.05) is 43.0 Å². The van der Waals surface area contributed by atoms with E-state index in [4.69, 9.17) is 10.00 Å². The number of carbonyl (C=O) groups excluding carboxylic acids is 2. The van der Waals surface area contributed by atoms with Gasteiger partial charge in [-0.3, -0.25) is 9.69 Å². The fraction of sp³-hybridized carbons (Fsp3) is 0.450. The highest BCUT2D eigenvalue weighted by atomic mass is 19.1. The third-order valence-corrected chi connectivity index (χ3v) is 5.15. The number of rotatable bonds is 4. The first-order chi connectivity index (χ1) is 13.4. The quantitative estimate of drug-likeness (QED) is 0.744. The summed E-state index contributed by atoms with van der Waals surface area (Å²) in [5.74, 6) is -0.512. The Morgan fingerprint density at radius 2 is 2.14 bits per heavy atom. The van der Waals surface area contributed by atoms with Crippen molar-refractivity contribution in [2.45, 2.75) is 25.9 Å². The maximum absolute atomic E-state index is 14.7. The highest BCUT2D eigenvalue weighted by Crippen LogP contribution is 2.30. The van der Waals surface area contributed by atoms with Crippen LogP contribution >= 0.6 is 0 Å². The van der Waals surface area contributed by atoms with Crippen LogP contribution in [0.15, 0.2) is 29.8 Å². The Balaban J connectivity index is 1.67. The Morgan fingerprint density at radius 3 is 2.75 bits per heavy atom. The van der Waals surface area contributed by atoms with E-state index >= 15 is 0 Å². The number of benzene rings is 1. The number of amides is 2. The molecule has 2 aliphatic rings. The number of halogens is 1. The lowest BCUT2D eigenvalue weighted by atomic mass is 10.0. The molecule has 0 radical (unpaired) electrons. The Kier molecular flexibility index (Phi) is 5.83. The maximum atomic E-state index is 14.7. The molecule has 2 amide bonds. The molecule has 1 unspecified atom stereocenters. The molecule has 7 nitrogen and oxygen atoms in total. The van der Waals surface area contributed by atoms with Crippen LogP contribution in [0, 0.1) is 17.1 Å². The van der Waals surface area contributed by atoms with Gasteiger partial charge in [0.1, 0.15) is 11.9 Å². The van der Waals surface area contributed by atoms with E-state index in [0.29, 0.717) is 31.0 Å². The molecule has 1 aromatic rings. The average Bonchev–Trinajstić information content (AvgIpc) is 3.03. The fourth-order valence-electron chi connectivity index (χ4n) is 3.45. The lowest BCUT2D eigenvalue weighted by Crippen LogP contribution is -2.35. The van der Waals surface area contributed by atoms with Crippen LogP contribution in [0.25, 0.3) is 0 Å². The van der Waals surface area contributed by atoms with Crippen molar-refractivity contribution < 1.29 is 18.7 Å². The van der Waals surface area contributed by atoms with Crippen LogP contribution in [0.5, 0.6) is 0 Å². The normalized spacial score (nSPS) is 19.3. The lowest BCUT2D eigenvalue weighted by molar-refractivity contribution is -0.128. The van der Waals surface area contributed by atoms with E-state index in [2.05, 4.69) is 0 Å². The van der Waals surface area contributed by atoms with Crippen molar-refractivity contribution in [3.63, 3.8) is 0 Å². The SMILES string of the molecule is CC(=O)N(C)CC1CN(c2ccc(N3CCC(=CC#N)CC3)c(F)c2)C(=O)O1. The monoisotopic (exact) mass is 386 g/mol. The summed E-state index contributed by atoms with van der Waals surface area (Å²) in [5, 5.41) is 8.73. The van der Waals surface area contributed by atoms with Crippen LogP contribution in [-0.4, -0.2) is 56.2 Å². The molecule has 0 bridgehead atoms. The number of hydrogen-bond acceptors (Lipinski definition) is 5. The van der Waals surface area contributed by atoms with E-state index in [1.807, 2.05) is 11.0 Å². The first-order valence-corrected chi connectivity index (χ1v) is 9.21. The summed E-state index contributed by atoms with van der Waals surface area (Å²) in [6.45, 7) is 3.30. The second-order valence-electron chi connectivity index (χ2n) is 7.07. The van der Waals surface area contributed by atoms with Gasteiger partial charge >= 0.3 is 6.09 Å². The second kappa shape index (κ2) is 8.30. The molecule has 2 saturated heterocycles. The molecule has 0 aliphatic carbocycles. The smallest absolute Gasteiger partial charge is 0.414 e. The molecule has 28 heavy (non-hydrogen) atoms. The van der Waals surface area contributed by atoms with Crippen LogP contribution < -0.4 is 9.80 Å². The molecule has 2 heterocycles. The molecule has 1 atom stereocenters. The zero-order valence-electron chi connectivity index (χ0n) is 16.0. The van der Waals surface area contributed by atoms with Gasteiger partial charge in [0.2, 0.25) is 5.91 Å². The van der Waals surface area contributed by atoms with Gasteiger partial charge in [-0.15, -0.1) is 0 Å². The van der Waals surface area contributed by atoms with Gasteiger partial charge in [-0.1, -0.05) is 5.57 Å². The number of cyclic esters (lactones) is 1. The Hall–Kier alpha value is -3.08. The second-order valence-corrected chi connectivity index (χ2v) is 7.07. The molecular formula is C20H23FN4O3. The van der Waals surface area contributed by atoms with E-state index in [0.717, 1.165) is 18.4 Å². The van der Waals surface area contributed by atoms with Crippen molar-refractivity contribution in [3.8, 4) is 6.07 Å². The van der Waals surface area contributed by atoms with Crippen molar-refractivity contribution in [2.24, 2.45) is 0 Å². The largest absolute Gasteiger partial charge is 0.442 e. The molecule has 3 rings (SSSR count). The summed E-state index contributed by atoms with van der Waals surface area (Å²) in [6.07, 6.45) is 2.04. The van der Waals surface area contributed by atoms with Crippen LogP contribution in [0.3, 0.4) is 0 Å². The van der Waals surface area contributed by atoms with E-state index < -0.39 is 18.0 Å². The van der Waals surface area contributed by atoms with Crippen molar-refractivity contribution in [1.82, 2.24) is 4.90 Å². The summed E-state index contributed by atoms with van der Waals surface area (Å²) in [7, 11) is 1.64. The number of nitrogens with zero attached hydrogens (tertiary/aromatic N) is 4. The minimum absolute atomic E-state index is 0.112. The zero-order chi connectivity index (χ0) is 20.3. The number of anilines is 2. The van der Waals surface area contributed by atoms with Crippen molar-refractivity contribution in [3.05, 3.63) is 35.7 Å². The first-order valence-electron chi connectivity index (χ1n) is 9.21. The minimum Gasteiger partial charge on any atom is -0.442 e. The minimum atomic E-state index is -0.543. The van der Waals surface area contributed by atoms with Crippen LogP contribution in [0.2, 0.25) is 0 Å². The molecule has 0 N–H and O–H groups in total. The topological polar surface area (TPSA) is 76.9 Å². The Labute approximate surface area is 163 Å². The number of carbonyl (C=O) groups is 2. The average molecular weight is 386 g/mol. The molecule has 0 saturated carbocycles. The standard InChI is InChI=1S/C20H23FN4O3/c1-14(26)23(2)12-17-13-25(20(27)28-17)16-3-4-19(18(21)11-16)24-9-6-15(5-8-22)7-10-24/h3-5,11,17H,6-7,9-10,12-13H2,1-2H3. The van der Waals surface area contributed by atoms with E-state index in [1.165, 1.54) is 22.8 Å². The highest BCUT2D eigenvalue weighted by molar-refractivity contribution is 5.90. The van der Waals surface area contributed by atoms with Gasteiger partial charge in [-0.2, -0.15) is 5.26 Å². The number of allylic oxidation sites excluding steroid dienone is 1. The maximum Gasteiger partial charge on any atom is 0.414 e. The number of ether oxygens (including phenoxy) is 1. The summed E-state index contributed by atoms with van der Waals surface area (Å²) >= 11 is 0. The summed E-state index contributed by atoms with van der Waals surface area (Å²) in [5.41, 5.74) is 2.00.